The highest BCUT2D eigenvalue weighted by molar-refractivity contribution is 7.92. The summed E-state index contributed by atoms with van der Waals surface area (Å²) in [5.74, 6) is -3.93. The molecule has 11 heteroatoms. The smallest absolute Gasteiger partial charge is 0.257 e. The second kappa shape index (κ2) is 8.96. The van der Waals surface area contributed by atoms with Gasteiger partial charge in [-0.25, -0.2) is 22.2 Å². The Labute approximate surface area is 178 Å². The summed E-state index contributed by atoms with van der Waals surface area (Å²) in [4.78, 5) is 30.6. The van der Waals surface area contributed by atoms with Gasteiger partial charge in [-0.15, -0.1) is 0 Å². The van der Waals surface area contributed by atoms with Gasteiger partial charge in [0.25, 0.3) is 5.91 Å². The van der Waals surface area contributed by atoms with Crippen molar-refractivity contribution < 1.29 is 26.8 Å². The van der Waals surface area contributed by atoms with Gasteiger partial charge >= 0.3 is 0 Å². The number of nitrogens with two attached hydrogens (primary N) is 1. The van der Waals surface area contributed by atoms with Gasteiger partial charge < -0.3 is 10.6 Å². The van der Waals surface area contributed by atoms with Crippen molar-refractivity contribution in [3.05, 3.63) is 52.7 Å². The van der Waals surface area contributed by atoms with Crippen molar-refractivity contribution >= 4 is 33.2 Å². The number of Topliss-reactive ketones (excluding diaryl/α,β-unsaturated/α-hetero) is 1. The molecule has 1 aromatic heterocycles. The van der Waals surface area contributed by atoms with E-state index in [2.05, 4.69) is 4.98 Å². The van der Waals surface area contributed by atoms with Gasteiger partial charge in [0.15, 0.2) is 11.6 Å². The number of rotatable bonds is 8. The quantitative estimate of drug-likeness (QED) is 0.593. The van der Waals surface area contributed by atoms with Gasteiger partial charge in [-0.3, -0.25) is 14.3 Å². The van der Waals surface area contributed by atoms with Crippen LogP contribution in [-0.4, -0.2) is 48.8 Å². The second-order valence-electron chi connectivity index (χ2n) is 7.23. The third kappa shape index (κ3) is 4.98. The van der Waals surface area contributed by atoms with Crippen LogP contribution in [0.2, 0.25) is 0 Å². The molecule has 2 heterocycles. The van der Waals surface area contributed by atoms with E-state index in [0.717, 1.165) is 18.6 Å². The van der Waals surface area contributed by atoms with Crippen molar-refractivity contribution in [2.24, 2.45) is 0 Å². The van der Waals surface area contributed by atoms with Crippen molar-refractivity contribution in [1.29, 1.82) is 0 Å². The Morgan fingerprint density at radius 2 is 1.97 bits per heavy atom. The first-order chi connectivity index (χ1) is 14.6. The van der Waals surface area contributed by atoms with Crippen LogP contribution >= 0.6 is 0 Å². The van der Waals surface area contributed by atoms with Gasteiger partial charge in [0.05, 0.1) is 22.6 Å². The molecule has 1 fully saturated rings. The highest BCUT2D eigenvalue weighted by atomic mass is 32.2. The number of carbonyl (C=O) groups excluding carboxylic acids is 2. The summed E-state index contributed by atoms with van der Waals surface area (Å²) in [5, 5.41) is 0. The number of sulfonamides is 1. The molecular formula is C20H22F2N4O4S. The van der Waals surface area contributed by atoms with E-state index in [1.807, 2.05) is 4.72 Å². The number of ketones is 1. The largest absolute Gasteiger partial charge is 0.383 e. The molecule has 1 aliphatic heterocycles. The third-order valence-corrected chi connectivity index (χ3v) is 6.30. The fourth-order valence-electron chi connectivity index (χ4n) is 3.12. The highest BCUT2D eigenvalue weighted by Crippen LogP contribution is 2.25. The SMILES string of the molecule is CCCS(=O)(=O)Nc1ccc(F)c(C(=O)Cc2cnc(N)c(C(=O)N3CCC3)c2)c1F. The summed E-state index contributed by atoms with van der Waals surface area (Å²) in [6, 6.07) is 3.12. The Hall–Kier alpha value is -3.08. The maximum Gasteiger partial charge on any atom is 0.257 e. The van der Waals surface area contributed by atoms with E-state index in [1.54, 1.807) is 11.8 Å². The van der Waals surface area contributed by atoms with E-state index in [4.69, 9.17) is 5.73 Å². The van der Waals surface area contributed by atoms with Crippen LogP contribution < -0.4 is 10.5 Å². The molecular weight excluding hydrogens is 430 g/mol. The molecule has 1 saturated heterocycles. The van der Waals surface area contributed by atoms with Gasteiger partial charge in [-0.05, 0) is 36.6 Å². The Morgan fingerprint density at radius 1 is 1.26 bits per heavy atom. The van der Waals surface area contributed by atoms with Crippen molar-refractivity contribution in [3.63, 3.8) is 0 Å². The number of benzene rings is 1. The topological polar surface area (TPSA) is 122 Å². The van der Waals surface area contributed by atoms with Gasteiger partial charge in [0, 0.05) is 25.7 Å². The lowest BCUT2D eigenvalue weighted by Crippen LogP contribution is -2.42. The normalized spacial score (nSPS) is 13.6. The van der Waals surface area contributed by atoms with Gasteiger partial charge in [0.2, 0.25) is 10.0 Å². The Bertz CT molecular complexity index is 1130. The van der Waals surface area contributed by atoms with E-state index < -0.39 is 45.1 Å². The number of carbonyl (C=O) groups is 2. The number of pyridine rings is 1. The first kappa shape index (κ1) is 22.6. The number of amides is 1. The first-order valence-corrected chi connectivity index (χ1v) is 11.3. The van der Waals surface area contributed by atoms with Crippen LogP contribution in [0.1, 0.15) is 46.0 Å². The molecule has 1 aliphatic rings. The lowest BCUT2D eigenvalue weighted by molar-refractivity contribution is 0.0652. The molecule has 0 saturated carbocycles. The van der Waals surface area contributed by atoms with E-state index in [0.29, 0.717) is 19.5 Å². The molecule has 3 N–H and O–H groups in total. The van der Waals surface area contributed by atoms with E-state index >= 15 is 0 Å². The number of hydrogen-bond donors (Lipinski definition) is 2. The lowest BCUT2D eigenvalue weighted by Gasteiger charge is -2.31. The van der Waals surface area contributed by atoms with Crippen LogP contribution in [0.15, 0.2) is 24.4 Å². The molecule has 8 nitrogen and oxygen atoms in total. The molecule has 0 radical (unpaired) electrons. The van der Waals surface area contributed by atoms with Crippen LogP contribution in [0.5, 0.6) is 0 Å². The molecule has 1 amide bonds. The first-order valence-electron chi connectivity index (χ1n) is 9.68. The zero-order valence-electron chi connectivity index (χ0n) is 16.8. The van der Waals surface area contributed by atoms with E-state index in [9.17, 15) is 26.8 Å². The minimum atomic E-state index is -3.84. The second-order valence-corrected chi connectivity index (χ2v) is 9.07. The lowest BCUT2D eigenvalue weighted by atomic mass is 10.0. The number of nitrogen functional groups attached to an aromatic ring is 1. The predicted octanol–water partition coefficient (Wildman–Crippen LogP) is 2.37. The Morgan fingerprint density at radius 3 is 2.58 bits per heavy atom. The molecule has 166 valence electrons. The molecule has 2 aromatic rings. The summed E-state index contributed by atoms with van der Waals surface area (Å²) in [6.07, 6.45) is 1.98. The molecule has 0 bridgehead atoms. The zero-order chi connectivity index (χ0) is 22.8. The number of nitrogens with zero attached hydrogens (tertiary/aromatic N) is 2. The van der Waals surface area contributed by atoms with Gasteiger partial charge in [-0.2, -0.15) is 0 Å². The number of halogens is 2. The molecule has 0 aliphatic carbocycles. The summed E-state index contributed by atoms with van der Waals surface area (Å²) in [6.45, 7) is 2.83. The van der Waals surface area contributed by atoms with Crippen LogP contribution in [0, 0.1) is 11.6 Å². The van der Waals surface area contributed by atoms with Crippen molar-refractivity contribution in [1.82, 2.24) is 9.88 Å². The van der Waals surface area contributed by atoms with Crippen molar-refractivity contribution in [3.8, 4) is 0 Å². The van der Waals surface area contributed by atoms with Crippen LogP contribution in [0.3, 0.4) is 0 Å². The van der Waals surface area contributed by atoms with Gasteiger partial charge in [0.1, 0.15) is 11.6 Å². The minimum Gasteiger partial charge on any atom is -0.383 e. The van der Waals surface area contributed by atoms with Crippen LogP contribution in [-0.2, 0) is 16.4 Å². The Balaban J connectivity index is 1.87. The standard InChI is InChI=1S/C20H22F2N4O4S/c1-2-8-31(29,30)25-15-5-4-14(21)17(18(15)22)16(27)10-12-9-13(19(23)24-11-12)20(28)26-6-3-7-26/h4-5,9,11,25H,2-3,6-8,10H2,1H3,(H2,23,24). The molecule has 3 rings (SSSR count). The monoisotopic (exact) mass is 452 g/mol. The fourth-order valence-corrected chi connectivity index (χ4v) is 4.26. The van der Waals surface area contributed by atoms with Crippen LogP contribution in [0.4, 0.5) is 20.3 Å². The summed E-state index contributed by atoms with van der Waals surface area (Å²) < 4.78 is 54.9. The Kier molecular flexibility index (Phi) is 6.54. The molecule has 31 heavy (non-hydrogen) atoms. The molecule has 0 atom stereocenters. The van der Waals surface area contributed by atoms with Crippen LogP contribution in [0.25, 0.3) is 0 Å². The average molecular weight is 452 g/mol. The van der Waals surface area contributed by atoms with E-state index in [1.165, 1.54) is 12.3 Å². The summed E-state index contributed by atoms with van der Waals surface area (Å²) in [7, 11) is -3.84. The third-order valence-electron chi connectivity index (χ3n) is 4.82. The number of nitrogens with one attached hydrogen (secondary N) is 1. The van der Waals surface area contributed by atoms with Crippen molar-refractivity contribution in [2.45, 2.75) is 26.2 Å². The summed E-state index contributed by atoms with van der Waals surface area (Å²) >= 11 is 0. The maximum atomic E-state index is 14.8. The maximum absolute atomic E-state index is 14.8. The van der Waals surface area contributed by atoms with Crippen molar-refractivity contribution in [2.75, 3.05) is 29.3 Å². The predicted molar refractivity (Wildman–Crippen MR) is 111 cm³/mol. The fraction of sp³-hybridized carbons (Fsp3) is 0.350. The molecule has 0 spiro atoms. The average Bonchev–Trinajstić information content (AvgIpc) is 2.64. The number of likely N-dealkylation sites (tertiary alicyclic amines) is 1. The zero-order valence-corrected chi connectivity index (χ0v) is 17.6. The number of hydrogen-bond acceptors (Lipinski definition) is 6. The number of aromatic nitrogens is 1. The van der Waals surface area contributed by atoms with Gasteiger partial charge in [-0.1, -0.05) is 6.92 Å². The minimum absolute atomic E-state index is 0.00205. The van der Waals surface area contributed by atoms with E-state index in [-0.39, 0.29) is 28.6 Å². The molecule has 0 unspecified atom stereocenters. The number of anilines is 2. The molecule has 1 aromatic carbocycles. The summed E-state index contributed by atoms with van der Waals surface area (Å²) in [5.41, 5.74) is 4.76. The highest BCUT2D eigenvalue weighted by Gasteiger charge is 2.26.